The van der Waals surface area contributed by atoms with Crippen LogP contribution in [-0.4, -0.2) is 43.3 Å². The summed E-state index contributed by atoms with van der Waals surface area (Å²) in [5, 5.41) is 0. The molecule has 1 aliphatic rings. The fraction of sp³-hybridized carbons (Fsp3) is 0.316. The van der Waals surface area contributed by atoms with E-state index in [0.717, 1.165) is 54.1 Å². The van der Waals surface area contributed by atoms with Crippen LogP contribution in [0, 0.1) is 0 Å². The SMILES string of the molecule is COc1ccc(CC(=S)N2CCOCC2)c(Oc2ccccc2)c1. The molecule has 4 nitrogen and oxygen atoms in total. The number of hydrogen-bond donors (Lipinski definition) is 0. The molecule has 1 fully saturated rings. The lowest BCUT2D eigenvalue weighted by atomic mass is 10.1. The zero-order valence-corrected chi connectivity index (χ0v) is 14.6. The summed E-state index contributed by atoms with van der Waals surface area (Å²) in [4.78, 5) is 3.12. The van der Waals surface area contributed by atoms with Gasteiger partial charge in [-0.25, -0.2) is 0 Å². The summed E-state index contributed by atoms with van der Waals surface area (Å²) in [6, 6.07) is 15.6. The first-order valence-electron chi connectivity index (χ1n) is 8.01. The van der Waals surface area contributed by atoms with Gasteiger partial charge in [0.15, 0.2) is 0 Å². The third kappa shape index (κ3) is 4.24. The zero-order valence-electron chi connectivity index (χ0n) is 13.7. The maximum atomic E-state index is 6.06. The Morgan fingerprint density at radius 3 is 2.54 bits per heavy atom. The monoisotopic (exact) mass is 343 g/mol. The van der Waals surface area contributed by atoms with Crippen LogP contribution < -0.4 is 9.47 Å². The molecule has 0 aromatic heterocycles. The van der Waals surface area contributed by atoms with Gasteiger partial charge in [-0.1, -0.05) is 36.5 Å². The Bertz CT molecular complexity index is 684. The van der Waals surface area contributed by atoms with Crippen LogP contribution in [0.25, 0.3) is 0 Å². The Morgan fingerprint density at radius 1 is 1.08 bits per heavy atom. The Labute approximate surface area is 147 Å². The van der Waals surface area contributed by atoms with Crippen LogP contribution in [0.1, 0.15) is 5.56 Å². The molecular formula is C19H21NO3S. The first-order valence-corrected chi connectivity index (χ1v) is 8.42. The average Bonchev–Trinajstić information content (AvgIpc) is 2.64. The lowest BCUT2D eigenvalue weighted by Gasteiger charge is -2.29. The minimum absolute atomic E-state index is 0.668. The van der Waals surface area contributed by atoms with Crippen LogP contribution in [0.15, 0.2) is 48.5 Å². The number of ether oxygens (including phenoxy) is 3. The molecule has 24 heavy (non-hydrogen) atoms. The van der Waals surface area contributed by atoms with Crippen molar-refractivity contribution in [2.75, 3.05) is 33.4 Å². The predicted molar refractivity (Wildman–Crippen MR) is 98.2 cm³/mol. The maximum Gasteiger partial charge on any atom is 0.134 e. The van der Waals surface area contributed by atoms with E-state index in [4.69, 9.17) is 26.4 Å². The summed E-state index contributed by atoms with van der Waals surface area (Å²) in [5.74, 6) is 2.34. The van der Waals surface area contributed by atoms with Crippen LogP contribution in [0.4, 0.5) is 0 Å². The highest BCUT2D eigenvalue weighted by Crippen LogP contribution is 2.30. The van der Waals surface area contributed by atoms with E-state index in [0.29, 0.717) is 6.42 Å². The van der Waals surface area contributed by atoms with Crippen molar-refractivity contribution in [3.8, 4) is 17.2 Å². The number of methoxy groups -OCH3 is 1. The first-order chi connectivity index (χ1) is 11.8. The molecule has 3 rings (SSSR count). The molecule has 126 valence electrons. The standard InChI is InChI=1S/C19H21NO3S/c1-21-17-8-7-15(13-19(24)20-9-11-22-12-10-20)18(14-17)23-16-5-3-2-4-6-16/h2-8,14H,9-13H2,1H3. The van der Waals surface area contributed by atoms with Crippen molar-refractivity contribution >= 4 is 17.2 Å². The third-order valence-corrected chi connectivity index (χ3v) is 4.35. The highest BCUT2D eigenvalue weighted by molar-refractivity contribution is 7.80. The van der Waals surface area contributed by atoms with Gasteiger partial charge in [-0.15, -0.1) is 0 Å². The van der Waals surface area contributed by atoms with Crippen molar-refractivity contribution in [2.24, 2.45) is 0 Å². The van der Waals surface area contributed by atoms with Crippen LogP contribution in [0.2, 0.25) is 0 Å². The van der Waals surface area contributed by atoms with E-state index >= 15 is 0 Å². The summed E-state index contributed by atoms with van der Waals surface area (Å²) in [6.45, 7) is 3.17. The van der Waals surface area contributed by atoms with Crippen molar-refractivity contribution in [2.45, 2.75) is 6.42 Å². The molecule has 0 unspecified atom stereocenters. The van der Waals surface area contributed by atoms with Crippen molar-refractivity contribution in [1.29, 1.82) is 0 Å². The smallest absolute Gasteiger partial charge is 0.134 e. The normalized spacial score (nSPS) is 14.3. The second-order valence-corrected chi connectivity index (χ2v) is 6.03. The highest BCUT2D eigenvalue weighted by Gasteiger charge is 2.16. The molecule has 0 N–H and O–H groups in total. The van der Waals surface area contributed by atoms with Gasteiger partial charge in [-0.3, -0.25) is 0 Å². The Hall–Kier alpha value is -2.11. The average molecular weight is 343 g/mol. The van der Waals surface area contributed by atoms with E-state index in [2.05, 4.69) is 4.90 Å². The molecule has 0 bridgehead atoms. The predicted octanol–water partition coefficient (Wildman–Crippen LogP) is 3.69. The molecule has 0 radical (unpaired) electrons. The molecule has 1 aliphatic heterocycles. The second-order valence-electron chi connectivity index (χ2n) is 5.56. The number of benzene rings is 2. The van der Waals surface area contributed by atoms with E-state index in [1.807, 2.05) is 48.5 Å². The summed E-state index contributed by atoms with van der Waals surface area (Å²) in [7, 11) is 1.65. The molecule has 2 aromatic carbocycles. The van der Waals surface area contributed by atoms with Gasteiger partial charge in [0.1, 0.15) is 17.2 Å². The Morgan fingerprint density at radius 2 is 1.83 bits per heavy atom. The van der Waals surface area contributed by atoms with Gasteiger partial charge in [-0.05, 0) is 18.2 Å². The number of hydrogen-bond acceptors (Lipinski definition) is 4. The fourth-order valence-corrected chi connectivity index (χ4v) is 2.94. The van der Waals surface area contributed by atoms with Gasteiger partial charge >= 0.3 is 0 Å². The van der Waals surface area contributed by atoms with Crippen LogP contribution >= 0.6 is 12.2 Å². The summed E-state index contributed by atoms with van der Waals surface area (Å²) < 4.78 is 16.8. The third-order valence-electron chi connectivity index (χ3n) is 3.95. The summed E-state index contributed by atoms with van der Waals surface area (Å²) in [5.41, 5.74) is 1.05. The molecular weight excluding hydrogens is 322 g/mol. The molecule has 1 saturated heterocycles. The lowest BCUT2D eigenvalue weighted by Crippen LogP contribution is -2.40. The van der Waals surface area contributed by atoms with Gasteiger partial charge in [0.05, 0.1) is 25.3 Å². The van der Waals surface area contributed by atoms with E-state index in [9.17, 15) is 0 Å². The fourth-order valence-electron chi connectivity index (χ4n) is 2.61. The van der Waals surface area contributed by atoms with Crippen LogP contribution in [0.3, 0.4) is 0 Å². The van der Waals surface area contributed by atoms with Crippen LogP contribution in [-0.2, 0) is 11.2 Å². The highest BCUT2D eigenvalue weighted by atomic mass is 32.1. The number of para-hydroxylation sites is 1. The number of rotatable bonds is 5. The van der Waals surface area contributed by atoms with E-state index in [-0.39, 0.29) is 0 Å². The van der Waals surface area contributed by atoms with Gasteiger partial charge in [0, 0.05) is 31.1 Å². The van der Waals surface area contributed by atoms with Crippen molar-refractivity contribution in [3.63, 3.8) is 0 Å². The molecule has 5 heteroatoms. The molecule has 0 amide bonds. The first kappa shape index (κ1) is 16.7. The largest absolute Gasteiger partial charge is 0.497 e. The molecule has 0 aliphatic carbocycles. The summed E-state index contributed by atoms with van der Waals surface area (Å²) in [6.07, 6.45) is 0.668. The number of morpholine rings is 1. The van der Waals surface area contributed by atoms with Crippen LogP contribution in [0.5, 0.6) is 17.2 Å². The minimum Gasteiger partial charge on any atom is -0.497 e. The summed E-state index contributed by atoms with van der Waals surface area (Å²) >= 11 is 5.62. The van der Waals surface area contributed by atoms with Crippen molar-refractivity contribution in [1.82, 2.24) is 4.90 Å². The Kier molecular flexibility index (Phi) is 5.67. The minimum atomic E-state index is 0.668. The van der Waals surface area contributed by atoms with Crippen molar-refractivity contribution in [3.05, 3.63) is 54.1 Å². The molecule has 2 aromatic rings. The zero-order chi connectivity index (χ0) is 16.8. The van der Waals surface area contributed by atoms with Gasteiger partial charge in [0.25, 0.3) is 0 Å². The molecule has 0 saturated carbocycles. The number of thiocarbonyl (C=S) groups is 1. The van der Waals surface area contributed by atoms with E-state index < -0.39 is 0 Å². The van der Waals surface area contributed by atoms with Gasteiger partial charge in [0.2, 0.25) is 0 Å². The van der Waals surface area contributed by atoms with Gasteiger partial charge in [-0.2, -0.15) is 0 Å². The number of nitrogens with zero attached hydrogens (tertiary/aromatic N) is 1. The quantitative estimate of drug-likeness (QED) is 0.773. The van der Waals surface area contributed by atoms with Gasteiger partial charge < -0.3 is 19.1 Å². The lowest BCUT2D eigenvalue weighted by molar-refractivity contribution is 0.0684. The Balaban J connectivity index is 1.79. The van der Waals surface area contributed by atoms with Crippen molar-refractivity contribution < 1.29 is 14.2 Å². The second kappa shape index (κ2) is 8.13. The molecule has 0 atom stereocenters. The van der Waals surface area contributed by atoms with E-state index in [1.165, 1.54) is 0 Å². The topological polar surface area (TPSA) is 30.9 Å². The molecule has 1 heterocycles. The maximum absolute atomic E-state index is 6.06. The molecule has 0 spiro atoms. The van der Waals surface area contributed by atoms with E-state index in [1.54, 1.807) is 7.11 Å².